The van der Waals surface area contributed by atoms with Crippen molar-refractivity contribution in [2.24, 2.45) is 11.1 Å². The number of nitrogens with two attached hydrogens (primary N) is 1. The van der Waals surface area contributed by atoms with Gasteiger partial charge < -0.3 is 5.73 Å². The molecule has 1 aromatic rings. The van der Waals surface area contributed by atoms with Crippen molar-refractivity contribution in [1.82, 2.24) is 14.9 Å². The van der Waals surface area contributed by atoms with Crippen molar-refractivity contribution >= 4 is 17.2 Å². The summed E-state index contributed by atoms with van der Waals surface area (Å²) in [5.41, 5.74) is 5.82. The van der Waals surface area contributed by atoms with Gasteiger partial charge in [0.1, 0.15) is 5.82 Å². The first-order valence-electron chi connectivity index (χ1n) is 5.88. The zero-order valence-electron chi connectivity index (χ0n) is 10.1. The van der Waals surface area contributed by atoms with Gasteiger partial charge in [-0.25, -0.2) is 9.97 Å². The average molecular weight is 250 g/mol. The van der Waals surface area contributed by atoms with E-state index in [4.69, 9.17) is 18.0 Å². The molecule has 0 radical (unpaired) electrons. The van der Waals surface area contributed by atoms with E-state index in [1.807, 2.05) is 6.07 Å². The van der Waals surface area contributed by atoms with Crippen molar-refractivity contribution in [3.05, 3.63) is 24.3 Å². The lowest BCUT2D eigenvalue weighted by molar-refractivity contribution is 0.155. The molecule has 0 atom stereocenters. The van der Waals surface area contributed by atoms with Crippen LogP contribution in [0, 0.1) is 5.41 Å². The highest BCUT2D eigenvalue weighted by atomic mass is 32.1. The van der Waals surface area contributed by atoms with Crippen LogP contribution in [0.25, 0.3) is 0 Å². The minimum Gasteiger partial charge on any atom is -0.393 e. The van der Waals surface area contributed by atoms with E-state index in [-0.39, 0.29) is 5.41 Å². The molecule has 0 aromatic carbocycles. The number of rotatable bonds is 3. The summed E-state index contributed by atoms with van der Waals surface area (Å²) < 4.78 is 0. The maximum atomic E-state index is 5.79. The Balaban J connectivity index is 1.90. The third-order valence-corrected chi connectivity index (χ3v) is 4.03. The number of piperidine rings is 1. The summed E-state index contributed by atoms with van der Waals surface area (Å²) in [5, 5.41) is 0. The fourth-order valence-electron chi connectivity index (χ4n) is 2.06. The molecule has 5 heteroatoms. The summed E-state index contributed by atoms with van der Waals surface area (Å²) >= 11 is 5.13. The number of thiocarbonyl (C=S) groups is 1. The molecule has 1 saturated heterocycles. The van der Waals surface area contributed by atoms with Gasteiger partial charge in [0.25, 0.3) is 0 Å². The Kier molecular flexibility index (Phi) is 3.69. The van der Waals surface area contributed by atoms with Crippen LogP contribution in [0.15, 0.2) is 18.5 Å². The highest BCUT2D eigenvalue weighted by Crippen LogP contribution is 2.31. The smallest absolute Gasteiger partial charge is 0.142 e. The number of hydrogen-bond donors (Lipinski definition) is 1. The quantitative estimate of drug-likeness (QED) is 0.821. The molecule has 2 rings (SSSR count). The lowest BCUT2D eigenvalue weighted by Crippen LogP contribution is -2.44. The van der Waals surface area contributed by atoms with E-state index < -0.39 is 0 Å². The summed E-state index contributed by atoms with van der Waals surface area (Å²) in [6.45, 7) is 4.98. The summed E-state index contributed by atoms with van der Waals surface area (Å²) in [6, 6.07) is 1.84. The number of nitrogens with zero attached hydrogens (tertiary/aromatic N) is 3. The Bertz CT molecular complexity index is 385. The first-order chi connectivity index (χ1) is 8.10. The van der Waals surface area contributed by atoms with Gasteiger partial charge in [0.15, 0.2) is 0 Å². The fraction of sp³-hybridized carbons (Fsp3) is 0.583. The van der Waals surface area contributed by atoms with E-state index >= 15 is 0 Å². The second-order valence-corrected chi connectivity index (χ2v) is 5.31. The van der Waals surface area contributed by atoms with Crippen LogP contribution in [0.1, 0.15) is 25.6 Å². The molecule has 1 aliphatic heterocycles. The summed E-state index contributed by atoms with van der Waals surface area (Å²) in [7, 11) is 0. The first-order valence-corrected chi connectivity index (χ1v) is 6.29. The first kappa shape index (κ1) is 12.4. The van der Waals surface area contributed by atoms with E-state index in [1.54, 1.807) is 12.4 Å². The molecule has 1 aromatic heterocycles. The van der Waals surface area contributed by atoms with E-state index in [0.717, 1.165) is 38.3 Å². The Morgan fingerprint density at radius 3 is 2.53 bits per heavy atom. The normalized spacial score (nSPS) is 20.1. The van der Waals surface area contributed by atoms with E-state index in [9.17, 15) is 0 Å². The minimum atomic E-state index is 0.0311. The van der Waals surface area contributed by atoms with Gasteiger partial charge in [-0.1, -0.05) is 19.1 Å². The molecule has 0 spiro atoms. The molecule has 0 unspecified atom stereocenters. The van der Waals surface area contributed by atoms with Gasteiger partial charge in [-0.05, 0) is 32.0 Å². The van der Waals surface area contributed by atoms with Crippen LogP contribution >= 0.6 is 12.2 Å². The van der Waals surface area contributed by atoms with Crippen molar-refractivity contribution in [2.75, 3.05) is 13.1 Å². The van der Waals surface area contributed by atoms with E-state index in [1.165, 1.54) is 0 Å². The van der Waals surface area contributed by atoms with Crippen molar-refractivity contribution < 1.29 is 0 Å². The molecule has 2 N–H and O–H groups in total. The zero-order valence-corrected chi connectivity index (χ0v) is 10.9. The van der Waals surface area contributed by atoms with E-state index in [2.05, 4.69) is 21.8 Å². The van der Waals surface area contributed by atoms with Gasteiger partial charge in [-0.3, -0.25) is 4.90 Å². The van der Waals surface area contributed by atoms with Crippen LogP contribution in [-0.2, 0) is 6.54 Å². The molecule has 0 amide bonds. The number of aromatic nitrogens is 2. The number of hydrogen-bond acceptors (Lipinski definition) is 4. The van der Waals surface area contributed by atoms with Crippen LogP contribution in [0.4, 0.5) is 0 Å². The molecule has 0 saturated carbocycles. The predicted octanol–water partition coefficient (Wildman–Crippen LogP) is 1.36. The molecule has 2 heterocycles. The average Bonchev–Trinajstić information content (AvgIpc) is 2.33. The van der Waals surface area contributed by atoms with Crippen molar-refractivity contribution in [3.8, 4) is 0 Å². The van der Waals surface area contributed by atoms with Crippen molar-refractivity contribution in [3.63, 3.8) is 0 Å². The largest absolute Gasteiger partial charge is 0.393 e. The minimum absolute atomic E-state index is 0.0311. The third-order valence-electron chi connectivity index (χ3n) is 3.54. The molecule has 92 valence electrons. The molecule has 1 fully saturated rings. The molecular weight excluding hydrogens is 232 g/mol. The van der Waals surface area contributed by atoms with E-state index in [0.29, 0.717) is 4.99 Å². The highest BCUT2D eigenvalue weighted by molar-refractivity contribution is 7.80. The Hall–Kier alpha value is -1.07. The lowest BCUT2D eigenvalue weighted by Gasteiger charge is -2.38. The summed E-state index contributed by atoms with van der Waals surface area (Å²) in [4.78, 5) is 11.5. The van der Waals surface area contributed by atoms with Gasteiger partial charge >= 0.3 is 0 Å². The molecule has 17 heavy (non-hydrogen) atoms. The van der Waals surface area contributed by atoms with Crippen LogP contribution in [0.3, 0.4) is 0 Å². The molecule has 0 bridgehead atoms. The van der Waals surface area contributed by atoms with Crippen molar-refractivity contribution in [1.29, 1.82) is 0 Å². The highest BCUT2D eigenvalue weighted by Gasteiger charge is 2.32. The Labute approximate surface area is 107 Å². The van der Waals surface area contributed by atoms with Gasteiger partial charge in [-0.2, -0.15) is 0 Å². The molecule has 1 aliphatic rings. The zero-order chi connectivity index (χ0) is 12.3. The molecule has 0 aliphatic carbocycles. The van der Waals surface area contributed by atoms with Gasteiger partial charge in [0, 0.05) is 17.8 Å². The second kappa shape index (κ2) is 5.06. The standard InChI is InChI=1S/C12H18N4S/c1-12(11(13)17)3-7-16(8-4-12)9-10-14-5-2-6-15-10/h2,5-6H,3-4,7-9H2,1H3,(H2,13,17). The summed E-state index contributed by atoms with van der Waals surface area (Å²) in [5.74, 6) is 0.881. The van der Waals surface area contributed by atoms with Crippen LogP contribution in [0.5, 0.6) is 0 Å². The molecular formula is C12H18N4S. The third kappa shape index (κ3) is 2.98. The van der Waals surface area contributed by atoms with Crippen molar-refractivity contribution in [2.45, 2.75) is 26.3 Å². The van der Waals surface area contributed by atoms with Crippen LogP contribution < -0.4 is 5.73 Å². The van der Waals surface area contributed by atoms with Crippen LogP contribution in [0.2, 0.25) is 0 Å². The lowest BCUT2D eigenvalue weighted by atomic mass is 9.80. The van der Waals surface area contributed by atoms with Gasteiger partial charge in [-0.15, -0.1) is 0 Å². The number of likely N-dealkylation sites (tertiary alicyclic amines) is 1. The SMILES string of the molecule is CC1(C(N)=S)CCN(Cc2ncccn2)CC1. The Morgan fingerprint density at radius 1 is 1.41 bits per heavy atom. The predicted molar refractivity (Wildman–Crippen MR) is 71.4 cm³/mol. The fourth-order valence-corrected chi connectivity index (χ4v) is 2.27. The molecule has 4 nitrogen and oxygen atoms in total. The van der Waals surface area contributed by atoms with Gasteiger partial charge in [0.05, 0.1) is 11.5 Å². The maximum absolute atomic E-state index is 5.79. The Morgan fingerprint density at radius 2 is 2.00 bits per heavy atom. The topological polar surface area (TPSA) is 55.0 Å². The summed E-state index contributed by atoms with van der Waals surface area (Å²) in [6.07, 6.45) is 5.61. The second-order valence-electron chi connectivity index (χ2n) is 4.87. The maximum Gasteiger partial charge on any atom is 0.142 e. The monoisotopic (exact) mass is 250 g/mol. The van der Waals surface area contributed by atoms with Gasteiger partial charge in [0.2, 0.25) is 0 Å². The van der Waals surface area contributed by atoms with Crippen LogP contribution in [-0.4, -0.2) is 32.9 Å².